The Bertz CT molecular complexity index is 605. The average molecular weight is 347 g/mol. The Morgan fingerprint density at radius 2 is 2.08 bits per heavy atom. The number of amides is 1. The number of hydrogen-bond donors (Lipinski definition) is 1. The summed E-state index contributed by atoms with van der Waals surface area (Å²) < 4.78 is 4.78. The number of pyridine rings is 1. The maximum Gasteiger partial charge on any atom is 0.306 e. The molecule has 0 bridgehead atoms. The smallest absolute Gasteiger partial charge is 0.306 e. The lowest BCUT2D eigenvalue weighted by molar-refractivity contribution is -0.147. The SMILES string of the molecule is COC(=O)C[C@@H](Cc1cccc(C)n1)C(=O)N(C)[C@H]1CCCC[C@@H]1N. The zero-order valence-electron chi connectivity index (χ0n) is 15.4. The van der Waals surface area contributed by atoms with Crippen LogP contribution in [0, 0.1) is 12.8 Å². The Kier molecular flexibility index (Phi) is 6.93. The summed E-state index contributed by atoms with van der Waals surface area (Å²) in [6, 6.07) is 5.74. The largest absolute Gasteiger partial charge is 0.469 e. The van der Waals surface area contributed by atoms with Crippen molar-refractivity contribution >= 4 is 11.9 Å². The van der Waals surface area contributed by atoms with Gasteiger partial charge >= 0.3 is 5.97 Å². The summed E-state index contributed by atoms with van der Waals surface area (Å²) in [6.45, 7) is 1.91. The maximum absolute atomic E-state index is 13.1. The van der Waals surface area contributed by atoms with Gasteiger partial charge in [-0.25, -0.2) is 0 Å². The van der Waals surface area contributed by atoms with E-state index in [0.29, 0.717) is 6.42 Å². The zero-order chi connectivity index (χ0) is 18.4. The van der Waals surface area contributed by atoms with Crippen molar-refractivity contribution in [2.75, 3.05) is 14.2 Å². The van der Waals surface area contributed by atoms with Crippen LogP contribution in [0.25, 0.3) is 0 Å². The van der Waals surface area contributed by atoms with Crippen LogP contribution in [0.15, 0.2) is 18.2 Å². The predicted molar refractivity (Wildman–Crippen MR) is 95.8 cm³/mol. The molecule has 1 aromatic heterocycles. The van der Waals surface area contributed by atoms with Gasteiger partial charge in [0.05, 0.1) is 19.4 Å². The minimum atomic E-state index is -0.485. The van der Waals surface area contributed by atoms with Gasteiger partial charge in [0, 0.05) is 36.9 Å². The number of likely N-dealkylation sites (N-methyl/N-ethyl adjacent to an activating group) is 1. The number of carbonyl (C=O) groups is 2. The maximum atomic E-state index is 13.1. The molecule has 1 heterocycles. The molecule has 0 aromatic carbocycles. The lowest BCUT2D eigenvalue weighted by Crippen LogP contribution is -2.52. The summed E-state index contributed by atoms with van der Waals surface area (Å²) in [7, 11) is 3.14. The molecule has 138 valence electrons. The second kappa shape index (κ2) is 8.94. The normalized spacial score (nSPS) is 21.4. The molecule has 1 aromatic rings. The number of esters is 1. The fraction of sp³-hybridized carbons (Fsp3) is 0.632. The van der Waals surface area contributed by atoms with Crippen molar-refractivity contribution in [1.82, 2.24) is 9.88 Å². The van der Waals surface area contributed by atoms with Gasteiger partial charge in [-0.05, 0) is 31.9 Å². The number of rotatable bonds is 6. The average Bonchev–Trinajstić information content (AvgIpc) is 2.60. The Balaban J connectivity index is 2.15. The molecule has 1 amide bonds. The summed E-state index contributed by atoms with van der Waals surface area (Å²) in [4.78, 5) is 31.1. The van der Waals surface area contributed by atoms with Crippen molar-refractivity contribution in [3.63, 3.8) is 0 Å². The van der Waals surface area contributed by atoms with E-state index < -0.39 is 5.92 Å². The first kappa shape index (κ1) is 19.4. The number of aromatic nitrogens is 1. The number of methoxy groups -OCH3 is 1. The molecule has 0 saturated heterocycles. The summed E-state index contributed by atoms with van der Waals surface area (Å²) in [5.74, 6) is -0.927. The molecular formula is C19H29N3O3. The molecule has 6 heteroatoms. The lowest BCUT2D eigenvalue weighted by Gasteiger charge is -2.37. The Morgan fingerprint density at radius 1 is 1.36 bits per heavy atom. The third-order valence-electron chi connectivity index (χ3n) is 5.02. The molecule has 0 spiro atoms. The zero-order valence-corrected chi connectivity index (χ0v) is 15.4. The first-order chi connectivity index (χ1) is 11.9. The molecule has 2 rings (SSSR count). The first-order valence-electron chi connectivity index (χ1n) is 8.94. The molecule has 0 radical (unpaired) electrons. The van der Waals surface area contributed by atoms with Crippen molar-refractivity contribution in [3.8, 4) is 0 Å². The van der Waals surface area contributed by atoms with Gasteiger partial charge in [-0.2, -0.15) is 0 Å². The monoisotopic (exact) mass is 347 g/mol. The van der Waals surface area contributed by atoms with E-state index in [1.807, 2.05) is 25.1 Å². The van der Waals surface area contributed by atoms with Gasteiger partial charge in [0.15, 0.2) is 0 Å². The van der Waals surface area contributed by atoms with E-state index in [9.17, 15) is 9.59 Å². The van der Waals surface area contributed by atoms with Gasteiger partial charge in [0.1, 0.15) is 0 Å². The number of carbonyl (C=O) groups excluding carboxylic acids is 2. The van der Waals surface area contributed by atoms with Crippen molar-refractivity contribution in [2.24, 2.45) is 11.7 Å². The van der Waals surface area contributed by atoms with Crippen molar-refractivity contribution in [3.05, 3.63) is 29.6 Å². The van der Waals surface area contributed by atoms with Crippen LogP contribution in [0.1, 0.15) is 43.5 Å². The molecular weight excluding hydrogens is 318 g/mol. The van der Waals surface area contributed by atoms with Crippen LogP contribution in [0.5, 0.6) is 0 Å². The van der Waals surface area contributed by atoms with Gasteiger partial charge in [-0.3, -0.25) is 14.6 Å². The highest BCUT2D eigenvalue weighted by Gasteiger charge is 2.33. The van der Waals surface area contributed by atoms with Gasteiger partial charge < -0.3 is 15.4 Å². The summed E-state index contributed by atoms with van der Waals surface area (Å²) in [6.07, 6.45) is 4.51. The van der Waals surface area contributed by atoms with Crippen LogP contribution < -0.4 is 5.73 Å². The molecule has 2 N–H and O–H groups in total. The summed E-state index contributed by atoms with van der Waals surface area (Å²) in [5, 5.41) is 0. The van der Waals surface area contributed by atoms with E-state index in [1.165, 1.54) is 7.11 Å². The third kappa shape index (κ3) is 5.26. The highest BCUT2D eigenvalue weighted by Crippen LogP contribution is 2.24. The van der Waals surface area contributed by atoms with E-state index in [1.54, 1.807) is 11.9 Å². The topological polar surface area (TPSA) is 85.5 Å². The van der Waals surface area contributed by atoms with Crippen LogP contribution in [0.4, 0.5) is 0 Å². The lowest BCUT2D eigenvalue weighted by atomic mass is 9.88. The second-order valence-electron chi connectivity index (χ2n) is 6.92. The van der Waals surface area contributed by atoms with E-state index >= 15 is 0 Å². The predicted octanol–water partition coefficient (Wildman–Crippen LogP) is 1.84. The fourth-order valence-electron chi connectivity index (χ4n) is 3.57. The highest BCUT2D eigenvalue weighted by molar-refractivity contribution is 5.84. The quantitative estimate of drug-likeness (QED) is 0.794. The van der Waals surface area contributed by atoms with E-state index in [-0.39, 0.29) is 30.4 Å². The summed E-state index contributed by atoms with van der Waals surface area (Å²) >= 11 is 0. The van der Waals surface area contributed by atoms with Crippen molar-refractivity contribution in [2.45, 2.75) is 57.5 Å². The number of nitrogens with zero attached hydrogens (tertiary/aromatic N) is 2. The van der Waals surface area contributed by atoms with Gasteiger partial charge in [-0.15, -0.1) is 0 Å². The number of hydrogen-bond acceptors (Lipinski definition) is 5. The highest BCUT2D eigenvalue weighted by atomic mass is 16.5. The molecule has 1 fully saturated rings. The van der Waals surface area contributed by atoms with Gasteiger partial charge in [0.25, 0.3) is 0 Å². The molecule has 1 aliphatic carbocycles. The summed E-state index contributed by atoms with van der Waals surface area (Å²) in [5.41, 5.74) is 7.92. The van der Waals surface area contributed by atoms with E-state index in [2.05, 4.69) is 4.98 Å². The Hall–Kier alpha value is -1.95. The van der Waals surface area contributed by atoms with Crippen LogP contribution in [-0.4, -0.2) is 48.0 Å². The molecule has 3 atom stereocenters. The third-order valence-corrected chi connectivity index (χ3v) is 5.02. The van der Waals surface area contributed by atoms with E-state index in [0.717, 1.165) is 37.1 Å². The number of nitrogens with two attached hydrogens (primary N) is 1. The second-order valence-corrected chi connectivity index (χ2v) is 6.92. The Labute approximate surface area is 149 Å². The minimum absolute atomic E-state index is 0.00132. The van der Waals surface area contributed by atoms with E-state index in [4.69, 9.17) is 10.5 Å². The molecule has 25 heavy (non-hydrogen) atoms. The first-order valence-corrected chi connectivity index (χ1v) is 8.94. The number of aryl methyl sites for hydroxylation is 1. The van der Waals surface area contributed by atoms with Crippen molar-refractivity contribution < 1.29 is 14.3 Å². The molecule has 6 nitrogen and oxygen atoms in total. The number of ether oxygens (including phenoxy) is 1. The minimum Gasteiger partial charge on any atom is -0.469 e. The van der Waals surface area contributed by atoms with Crippen LogP contribution in [-0.2, 0) is 20.7 Å². The van der Waals surface area contributed by atoms with Crippen molar-refractivity contribution in [1.29, 1.82) is 0 Å². The molecule has 1 aliphatic rings. The fourth-order valence-corrected chi connectivity index (χ4v) is 3.57. The van der Waals surface area contributed by atoms with Crippen LogP contribution in [0.3, 0.4) is 0 Å². The standard InChI is InChI=1S/C19H29N3O3/c1-13-7-6-8-15(21-13)11-14(12-18(23)25-3)19(24)22(2)17-10-5-4-9-16(17)20/h6-8,14,16-17H,4-5,9-12,20H2,1-3H3/t14-,16+,17+/m1/s1. The Morgan fingerprint density at radius 3 is 2.72 bits per heavy atom. The van der Waals surface area contributed by atoms with Gasteiger partial charge in [0.2, 0.25) is 5.91 Å². The molecule has 0 unspecified atom stereocenters. The van der Waals surface area contributed by atoms with Crippen LogP contribution in [0.2, 0.25) is 0 Å². The van der Waals surface area contributed by atoms with Crippen LogP contribution >= 0.6 is 0 Å². The molecule has 1 saturated carbocycles. The molecule has 0 aliphatic heterocycles. The van der Waals surface area contributed by atoms with Gasteiger partial charge in [-0.1, -0.05) is 18.9 Å².